The number of hydrogen-bond acceptors (Lipinski definition) is 2. The topological polar surface area (TPSA) is 70.2 Å². The monoisotopic (exact) mass is 167 g/mol. The Balaban J connectivity index is 3.25. The highest BCUT2D eigenvalue weighted by Gasteiger charge is 2.15. The number of H-pyrrole nitrogens is 1. The molecule has 0 aliphatic carbocycles. The van der Waals surface area contributed by atoms with Crippen LogP contribution in [0.25, 0.3) is 0 Å². The molecule has 0 bridgehead atoms. The maximum atomic E-state index is 10.6. The first kappa shape index (κ1) is 8.52. The van der Waals surface area contributed by atoms with Gasteiger partial charge in [0.15, 0.2) is 6.29 Å². The Morgan fingerprint density at radius 1 is 1.75 bits per heavy atom. The molecule has 0 atom stereocenters. The van der Waals surface area contributed by atoms with E-state index in [0.29, 0.717) is 18.3 Å². The van der Waals surface area contributed by atoms with Crippen molar-refractivity contribution in [2.24, 2.45) is 0 Å². The predicted molar refractivity (Wildman–Crippen MR) is 42.5 cm³/mol. The number of aromatic carboxylic acids is 1. The van der Waals surface area contributed by atoms with Gasteiger partial charge in [-0.2, -0.15) is 0 Å². The molecule has 12 heavy (non-hydrogen) atoms. The van der Waals surface area contributed by atoms with Crippen LogP contribution >= 0.6 is 0 Å². The fourth-order valence-corrected chi connectivity index (χ4v) is 1.11. The van der Waals surface area contributed by atoms with Crippen LogP contribution in [-0.4, -0.2) is 22.3 Å². The summed E-state index contributed by atoms with van der Waals surface area (Å²) in [5.74, 6) is -1.06. The number of nitrogens with one attached hydrogen (secondary N) is 1. The van der Waals surface area contributed by atoms with Crippen molar-refractivity contribution in [1.82, 2.24) is 4.98 Å². The Morgan fingerprint density at radius 2 is 2.42 bits per heavy atom. The van der Waals surface area contributed by atoms with Crippen molar-refractivity contribution in [2.75, 3.05) is 0 Å². The van der Waals surface area contributed by atoms with E-state index >= 15 is 0 Å². The van der Waals surface area contributed by atoms with Gasteiger partial charge in [0, 0.05) is 6.20 Å². The van der Waals surface area contributed by atoms with Crippen molar-refractivity contribution < 1.29 is 14.7 Å². The molecule has 1 rings (SSSR count). The molecule has 4 nitrogen and oxygen atoms in total. The Labute approximate surface area is 69.2 Å². The molecule has 0 spiro atoms. The largest absolute Gasteiger partial charge is 0.478 e. The lowest BCUT2D eigenvalue weighted by Gasteiger charge is -1.94. The molecule has 1 aromatic heterocycles. The molecule has 0 aliphatic heterocycles. The van der Waals surface area contributed by atoms with Crippen LogP contribution in [0, 0.1) is 0 Å². The summed E-state index contributed by atoms with van der Waals surface area (Å²) in [6, 6.07) is 0. The molecule has 64 valence electrons. The molecule has 2 N–H and O–H groups in total. The van der Waals surface area contributed by atoms with Gasteiger partial charge in [-0.1, -0.05) is 6.92 Å². The smallest absolute Gasteiger partial charge is 0.338 e. The zero-order valence-corrected chi connectivity index (χ0v) is 6.63. The van der Waals surface area contributed by atoms with Crippen molar-refractivity contribution in [3.63, 3.8) is 0 Å². The number of carbonyl (C=O) groups is 2. The van der Waals surface area contributed by atoms with E-state index in [0.717, 1.165) is 0 Å². The van der Waals surface area contributed by atoms with E-state index in [1.54, 1.807) is 6.20 Å². The molecule has 4 heteroatoms. The lowest BCUT2D eigenvalue weighted by molar-refractivity contribution is 0.0693. The molecule has 0 unspecified atom stereocenters. The minimum Gasteiger partial charge on any atom is -0.478 e. The maximum Gasteiger partial charge on any atom is 0.338 e. The number of aromatic amines is 1. The third-order valence-corrected chi connectivity index (χ3v) is 1.70. The van der Waals surface area contributed by atoms with E-state index in [-0.39, 0.29) is 11.3 Å². The molecule has 0 fully saturated rings. The average Bonchev–Trinajstić information content (AvgIpc) is 2.46. The van der Waals surface area contributed by atoms with Gasteiger partial charge in [-0.05, 0) is 12.0 Å². The predicted octanol–water partition coefficient (Wildman–Crippen LogP) is 1.09. The second-order valence-corrected chi connectivity index (χ2v) is 2.38. The van der Waals surface area contributed by atoms with E-state index in [2.05, 4.69) is 4.98 Å². The van der Waals surface area contributed by atoms with Crippen LogP contribution in [0.3, 0.4) is 0 Å². The highest BCUT2D eigenvalue weighted by molar-refractivity contribution is 5.97. The Bertz CT molecular complexity index is 314. The number of carboxylic acid groups (broad SMARTS) is 1. The SMILES string of the molecule is CCc1c[nH]c(C=O)c1C(=O)O. The van der Waals surface area contributed by atoms with Crippen molar-refractivity contribution in [2.45, 2.75) is 13.3 Å². The second kappa shape index (κ2) is 3.21. The molecule has 1 aromatic rings. The van der Waals surface area contributed by atoms with Crippen LogP contribution in [0.2, 0.25) is 0 Å². The molecule has 0 amide bonds. The van der Waals surface area contributed by atoms with E-state index in [1.165, 1.54) is 0 Å². The highest BCUT2D eigenvalue weighted by Crippen LogP contribution is 2.12. The van der Waals surface area contributed by atoms with Gasteiger partial charge in [0.05, 0.1) is 11.3 Å². The van der Waals surface area contributed by atoms with Gasteiger partial charge < -0.3 is 10.1 Å². The van der Waals surface area contributed by atoms with E-state index in [1.807, 2.05) is 6.92 Å². The normalized spacial score (nSPS) is 9.75. The molecular formula is C8H9NO3. The zero-order chi connectivity index (χ0) is 9.14. The maximum absolute atomic E-state index is 10.6. The first-order valence-corrected chi connectivity index (χ1v) is 3.59. The third-order valence-electron chi connectivity index (χ3n) is 1.70. The van der Waals surface area contributed by atoms with Crippen LogP contribution in [-0.2, 0) is 6.42 Å². The molecule has 0 saturated carbocycles. The van der Waals surface area contributed by atoms with Gasteiger partial charge >= 0.3 is 5.97 Å². The Morgan fingerprint density at radius 3 is 2.83 bits per heavy atom. The van der Waals surface area contributed by atoms with Gasteiger partial charge in [-0.3, -0.25) is 4.79 Å². The minimum atomic E-state index is -1.06. The fourth-order valence-electron chi connectivity index (χ4n) is 1.11. The van der Waals surface area contributed by atoms with Crippen molar-refractivity contribution in [3.8, 4) is 0 Å². The van der Waals surface area contributed by atoms with Gasteiger partial charge in [0.1, 0.15) is 0 Å². The van der Waals surface area contributed by atoms with Gasteiger partial charge in [0.25, 0.3) is 0 Å². The standard InChI is InChI=1S/C8H9NO3/c1-2-5-3-9-6(4-10)7(5)8(11)12/h3-4,9H,2H2,1H3,(H,11,12). The molecule has 1 heterocycles. The average molecular weight is 167 g/mol. The van der Waals surface area contributed by atoms with Crippen LogP contribution in [0.5, 0.6) is 0 Å². The number of carbonyl (C=O) groups excluding carboxylic acids is 1. The number of aryl methyl sites for hydroxylation is 1. The van der Waals surface area contributed by atoms with Crippen molar-refractivity contribution in [3.05, 3.63) is 23.0 Å². The van der Waals surface area contributed by atoms with Crippen LogP contribution in [0.1, 0.15) is 33.3 Å². The Hall–Kier alpha value is -1.58. The zero-order valence-electron chi connectivity index (χ0n) is 6.63. The van der Waals surface area contributed by atoms with Gasteiger partial charge in [-0.15, -0.1) is 0 Å². The first-order valence-electron chi connectivity index (χ1n) is 3.59. The summed E-state index contributed by atoms with van der Waals surface area (Å²) in [4.78, 5) is 23.6. The lowest BCUT2D eigenvalue weighted by Crippen LogP contribution is -2.02. The summed E-state index contributed by atoms with van der Waals surface area (Å²) in [6.07, 6.45) is 2.67. The van der Waals surface area contributed by atoms with Gasteiger partial charge in [-0.25, -0.2) is 4.79 Å². The van der Waals surface area contributed by atoms with Gasteiger partial charge in [0.2, 0.25) is 0 Å². The number of hydrogen-bond donors (Lipinski definition) is 2. The first-order chi connectivity index (χ1) is 5.70. The third kappa shape index (κ3) is 1.23. The number of aromatic nitrogens is 1. The summed E-state index contributed by atoms with van der Waals surface area (Å²) < 4.78 is 0. The quantitative estimate of drug-likeness (QED) is 0.662. The number of rotatable bonds is 3. The molecule has 0 radical (unpaired) electrons. The highest BCUT2D eigenvalue weighted by atomic mass is 16.4. The summed E-state index contributed by atoms with van der Waals surface area (Å²) in [7, 11) is 0. The number of carboxylic acids is 1. The van der Waals surface area contributed by atoms with E-state index in [9.17, 15) is 9.59 Å². The lowest BCUT2D eigenvalue weighted by atomic mass is 10.1. The molecule has 0 aromatic carbocycles. The molecule has 0 aliphatic rings. The Kier molecular flexibility index (Phi) is 2.28. The fraction of sp³-hybridized carbons (Fsp3) is 0.250. The summed E-state index contributed by atoms with van der Waals surface area (Å²) in [5, 5.41) is 8.72. The minimum absolute atomic E-state index is 0.0903. The summed E-state index contributed by atoms with van der Waals surface area (Å²) >= 11 is 0. The van der Waals surface area contributed by atoms with Crippen LogP contribution in [0.4, 0.5) is 0 Å². The summed E-state index contributed by atoms with van der Waals surface area (Å²) in [5.41, 5.74) is 0.886. The van der Waals surface area contributed by atoms with E-state index in [4.69, 9.17) is 5.11 Å². The van der Waals surface area contributed by atoms with Crippen LogP contribution < -0.4 is 0 Å². The molecule has 0 saturated heterocycles. The van der Waals surface area contributed by atoms with Crippen molar-refractivity contribution >= 4 is 12.3 Å². The summed E-state index contributed by atoms with van der Waals surface area (Å²) in [6.45, 7) is 1.84. The van der Waals surface area contributed by atoms with Crippen molar-refractivity contribution in [1.29, 1.82) is 0 Å². The molecular weight excluding hydrogens is 158 g/mol. The second-order valence-electron chi connectivity index (χ2n) is 2.38. The number of aldehydes is 1. The van der Waals surface area contributed by atoms with E-state index < -0.39 is 5.97 Å². The van der Waals surface area contributed by atoms with Crippen LogP contribution in [0.15, 0.2) is 6.20 Å².